The molecule has 0 spiro atoms. The second-order valence-corrected chi connectivity index (χ2v) is 6.97. The summed E-state index contributed by atoms with van der Waals surface area (Å²) in [5.41, 5.74) is 6.28. The zero-order valence-electron chi connectivity index (χ0n) is 14.4. The van der Waals surface area contributed by atoms with Crippen molar-refractivity contribution in [3.05, 3.63) is 80.8 Å². The third kappa shape index (κ3) is 5.06. The number of nitrogens with one attached hydrogen (secondary N) is 2. The predicted octanol–water partition coefficient (Wildman–Crippen LogP) is 3.76. The van der Waals surface area contributed by atoms with Crippen molar-refractivity contribution in [2.24, 2.45) is 0 Å². The molecule has 0 atom stereocenters. The first-order valence-corrected chi connectivity index (χ1v) is 9.28. The molecule has 2 amide bonds. The van der Waals surface area contributed by atoms with Crippen LogP contribution in [0.3, 0.4) is 0 Å². The van der Waals surface area contributed by atoms with Crippen LogP contribution in [0.5, 0.6) is 5.75 Å². The van der Waals surface area contributed by atoms with E-state index in [0.717, 1.165) is 5.56 Å². The van der Waals surface area contributed by atoms with Crippen molar-refractivity contribution < 1.29 is 14.3 Å². The number of rotatable bonds is 5. The number of thiazole rings is 1. The zero-order valence-corrected chi connectivity index (χ0v) is 15.9. The molecular weight excluding hydrogens is 386 g/mol. The van der Waals surface area contributed by atoms with Gasteiger partial charge in [-0.25, -0.2) is 4.98 Å². The Morgan fingerprint density at radius 1 is 1.07 bits per heavy atom. The van der Waals surface area contributed by atoms with Crippen LogP contribution in [0.4, 0.5) is 0 Å². The van der Waals surface area contributed by atoms with Gasteiger partial charge in [0, 0.05) is 16.0 Å². The monoisotopic (exact) mass is 401 g/mol. The molecule has 2 aromatic carbocycles. The van der Waals surface area contributed by atoms with Gasteiger partial charge in [-0.15, -0.1) is 11.3 Å². The van der Waals surface area contributed by atoms with Crippen LogP contribution in [0.2, 0.25) is 5.02 Å². The van der Waals surface area contributed by atoms with Crippen LogP contribution in [0, 0.1) is 6.92 Å². The second-order valence-electron chi connectivity index (χ2n) is 5.59. The maximum atomic E-state index is 12.2. The summed E-state index contributed by atoms with van der Waals surface area (Å²) in [5, 5.41) is 2.87. The first-order chi connectivity index (χ1) is 13.0. The Kier molecular flexibility index (Phi) is 6.05. The Hall–Kier alpha value is -2.90. The average molecular weight is 402 g/mol. The van der Waals surface area contributed by atoms with E-state index < -0.39 is 5.91 Å². The van der Waals surface area contributed by atoms with Crippen LogP contribution < -0.4 is 15.6 Å². The Balaban J connectivity index is 1.53. The number of ether oxygens (including phenoxy) is 1. The van der Waals surface area contributed by atoms with Gasteiger partial charge >= 0.3 is 0 Å². The van der Waals surface area contributed by atoms with Crippen LogP contribution in [-0.4, -0.2) is 16.8 Å². The van der Waals surface area contributed by atoms with E-state index in [2.05, 4.69) is 15.8 Å². The summed E-state index contributed by atoms with van der Waals surface area (Å²) in [6, 6.07) is 14.1. The fourth-order valence-corrected chi connectivity index (χ4v) is 3.04. The van der Waals surface area contributed by atoms with Gasteiger partial charge in [0.1, 0.15) is 23.1 Å². The third-order valence-corrected chi connectivity index (χ3v) is 4.71. The summed E-state index contributed by atoms with van der Waals surface area (Å²) >= 11 is 7.12. The van der Waals surface area contributed by atoms with Crippen LogP contribution in [0.25, 0.3) is 0 Å². The van der Waals surface area contributed by atoms with Crippen LogP contribution in [0.15, 0.2) is 53.9 Å². The number of hydrogen-bond acceptors (Lipinski definition) is 5. The van der Waals surface area contributed by atoms with E-state index in [1.165, 1.54) is 11.3 Å². The van der Waals surface area contributed by atoms with E-state index in [1.54, 1.807) is 41.8 Å². The molecule has 2 N–H and O–H groups in total. The first kappa shape index (κ1) is 18.9. The van der Waals surface area contributed by atoms with Gasteiger partial charge in [-0.05, 0) is 42.8 Å². The normalized spacial score (nSPS) is 10.3. The quantitative estimate of drug-likeness (QED) is 0.638. The average Bonchev–Trinajstić information content (AvgIpc) is 3.15. The fourth-order valence-electron chi connectivity index (χ4n) is 2.23. The van der Waals surface area contributed by atoms with E-state index in [9.17, 15) is 9.59 Å². The Morgan fingerprint density at radius 2 is 1.78 bits per heavy atom. The maximum absolute atomic E-state index is 12.2. The summed E-state index contributed by atoms with van der Waals surface area (Å²) in [6.07, 6.45) is 0. The molecule has 3 aromatic rings. The molecule has 0 saturated heterocycles. The number of amides is 2. The number of nitrogens with zero attached hydrogens (tertiary/aromatic N) is 1. The van der Waals surface area contributed by atoms with E-state index >= 15 is 0 Å². The standard InChI is InChI=1S/C19H16ClN3O3S/c1-12-4-2-3-5-15(12)18(24)22-23-19(25)16-11-27-17(21-16)10-26-14-8-6-13(20)7-9-14/h2-9,11H,10H2,1H3,(H,22,24)(H,23,25). The molecule has 3 rings (SSSR count). The molecule has 0 fully saturated rings. The molecular formula is C19H16ClN3O3S. The first-order valence-electron chi connectivity index (χ1n) is 8.02. The van der Waals surface area contributed by atoms with E-state index in [-0.39, 0.29) is 18.2 Å². The highest BCUT2D eigenvalue weighted by molar-refractivity contribution is 7.09. The minimum Gasteiger partial charge on any atom is -0.486 e. The Bertz CT molecular complexity index is 957. The highest BCUT2D eigenvalue weighted by Crippen LogP contribution is 2.18. The van der Waals surface area contributed by atoms with Gasteiger partial charge in [-0.1, -0.05) is 29.8 Å². The maximum Gasteiger partial charge on any atom is 0.289 e. The molecule has 0 bridgehead atoms. The molecule has 1 aromatic heterocycles. The molecule has 0 aliphatic heterocycles. The number of aryl methyl sites for hydroxylation is 1. The molecule has 6 nitrogen and oxygen atoms in total. The van der Waals surface area contributed by atoms with Gasteiger partial charge in [-0.3, -0.25) is 20.4 Å². The van der Waals surface area contributed by atoms with E-state index in [0.29, 0.717) is 21.3 Å². The SMILES string of the molecule is Cc1ccccc1C(=O)NNC(=O)c1csc(COc2ccc(Cl)cc2)n1. The number of benzene rings is 2. The number of carbonyl (C=O) groups excluding carboxylic acids is 2. The number of halogens is 1. The smallest absolute Gasteiger partial charge is 0.289 e. The summed E-state index contributed by atoms with van der Waals surface area (Å²) in [5.74, 6) is -0.222. The van der Waals surface area contributed by atoms with Crippen molar-refractivity contribution in [2.75, 3.05) is 0 Å². The van der Waals surface area contributed by atoms with Gasteiger partial charge in [-0.2, -0.15) is 0 Å². The minimum absolute atomic E-state index is 0.208. The van der Waals surface area contributed by atoms with Crippen molar-refractivity contribution >= 4 is 34.8 Å². The summed E-state index contributed by atoms with van der Waals surface area (Å²) in [6.45, 7) is 2.05. The predicted molar refractivity (Wildman–Crippen MR) is 104 cm³/mol. The van der Waals surface area contributed by atoms with Gasteiger partial charge in [0.05, 0.1) is 0 Å². The molecule has 0 saturated carbocycles. The largest absolute Gasteiger partial charge is 0.486 e. The number of aromatic nitrogens is 1. The zero-order chi connectivity index (χ0) is 19.2. The molecule has 27 heavy (non-hydrogen) atoms. The minimum atomic E-state index is -0.495. The van der Waals surface area contributed by atoms with Crippen LogP contribution in [-0.2, 0) is 6.61 Å². The summed E-state index contributed by atoms with van der Waals surface area (Å²) in [4.78, 5) is 28.5. The van der Waals surface area contributed by atoms with E-state index in [4.69, 9.17) is 16.3 Å². The molecule has 0 aliphatic carbocycles. The highest BCUT2D eigenvalue weighted by Gasteiger charge is 2.13. The molecule has 0 aliphatic rings. The van der Waals surface area contributed by atoms with E-state index in [1.807, 2.05) is 19.1 Å². The van der Waals surface area contributed by atoms with Crippen LogP contribution in [0.1, 0.15) is 31.4 Å². The lowest BCUT2D eigenvalue weighted by Crippen LogP contribution is -2.42. The van der Waals surface area contributed by atoms with Gasteiger partial charge in [0.15, 0.2) is 0 Å². The summed E-state index contributed by atoms with van der Waals surface area (Å²) in [7, 11) is 0. The van der Waals surface area contributed by atoms with Gasteiger partial charge in [0.2, 0.25) is 0 Å². The third-order valence-electron chi connectivity index (χ3n) is 3.64. The molecule has 8 heteroatoms. The van der Waals surface area contributed by atoms with Crippen molar-refractivity contribution in [2.45, 2.75) is 13.5 Å². The van der Waals surface area contributed by atoms with Crippen molar-refractivity contribution in [3.8, 4) is 5.75 Å². The van der Waals surface area contributed by atoms with Crippen LogP contribution >= 0.6 is 22.9 Å². The Morgan fingerprint density at radius 3 is 2.52 bits per heavy atom. The number of hydrazine groups is 1. The molecule has 1 heterocycles. The summed E-state index contributed by atoms with van der Waals surface area (Å²) < 4.78 is 5.60. The Labute approximate surface area is 165 Å². The van der Waals surface area contributed by atoms with Crippen molar-refractivity contribution in [1.82, 2.24) is 15.8 Å². The molecule has 0 radical (unpaired) electrons. The van der Waals surface area contributed by atoms with Crippen molar-refractivity contribution in [3.63, 3.8) is 0 Å². The van der Waals surface area contributed by atoms with Crippen molar-refractivity contribution in [1.29, 1.82) is 0 Å². The fraction of sp³-hybridized carbons (Fsp3) is 0.105. The van der Waals surface area contributed by atoms with Gasteiger partial charge in [0.25, 0.3) is 11.8 Å². The number of carbonyl (C=O) groups is 2. The second kappa shape index (κ2) is 8.66. The highest BCUT2D eigenvalue weighted by atomic mass is 35.5. The van der Waals surface area contributed by atoms with Gasteiger partial charge < -0.3 is 4.74 Å². The number of hydrogen-bond donors (Lipinski definition) is 2. The molecule has 138 valence electrons. The lowest BCUT2D eigenvalue weighted by Gasteiger charge is -2.08. The lowest BCUT2D eigenvalue weighted by atomic mass is 10.1. The lowest BCUT2D eigenvalue weighted by molar-refractivity contribution is 0.0844. The molecule has 0 unspecified atom stereocenters. The topological polar surface area (TPSA) is 80.3 Å².